The largest absolute Gasteiger partial charge is 0.480 e. The molecule has 400 valence electrons. The summed E-state index contributed by atoms with van der Waals surface area (Å²) < 4.78 is 11.9. The van der Waals surface area contributed by atoms with Gasteiger partial charge in [0, 0.05) is 71.1 Å². The van der Waals surface area contributed by atoms with Gasteiger partial charge in [-0.05, 0) is 54.4 Å². The Morgan fingerprint density at radius 2 is 1.32 bits per heavy atom. The molecule has 2 aromatic rings. The van der Waals surface area contributed by atoms with Crippen LogP contribution in [0.15, 0.2) is 72.8 Å². The number of amides is 9. The highest BCUT2D eigenvalue weighted by atomic mass is 16.5. The van der Waals surface area contributed by atoms with Gasteiger partial charge in [0.05, 0.1) is 48.0 Å². The van der Waals surface area contributed by atoms with Gasteiger partial charge in [0.2, 0.25) is 23.6 Å². The quantitative estimate of drug-likeness (QED) is 0.128. The number of ether oxygens (including phenoxy) is 2. The van der Waals surface area contributed by atoms with E-state index < -0.39 is 113 Å². The van der Waals surface area contributed by atoms with E-state index in [1.807, 2.05) is 19.9 Å². The molecule has 1 fully saturated rings. The fourth-order valence-corrected chi connectivity index (χ4v) is 10.2. The molecule has 9 amide bonds. The third-order valence-electron chi connectivity index (χ3n) is 14.3. The number of likely N-dealkylation sites (N-methyl/N-ethyl adjacent to an activating group) is 2. The summed E-state index contributed by atoms with van der Waals surface area (Å²) >= 11 is 0. The lowest BCUT2D eigenvalue weighted by molar-refractivity contribution is -0.148. The Morgan fingerprint density at radius 1 is 0.743 bits per heavy atom. The van der Waals surface area contributed by atoms with E-state index in [9.17, 15) is 53.1 Å². The molecule has 74 heavy (non-hydrogen) atoms. The summed E-state index contributed by atoms with van der Waals surface area (Å²) in [5.41, 5.74) is 0.373. The number of aliphatic carboxylic acids is 1. The third kappa shape index (κ3) is 12.8. The van der Waals surface area contributed by atoms with Gasteiger partial charge in [0.25, 0.3) is 29.5 Å². The summed E-state index contributed by atoms with van der Waals surface area (Å²) in [6, 6.07) is 8.10. The van der Waals surface area contributed by atoms with Crippen molar-refractivity contribution in [3.05, 3.63) is 84.0 Å². The number of benzene rings is 2. The second-order valence-corrected chi connectivity index (χ2v) is 19.9. The molecule has 3 N–H and O–H groups in total. The second-order valence-electron chi connectivity index (χ2n) is 19.9. The molecule has 2 aromatic carbocycles. The molecular formula is C54H71N7O13. The van der Waals surface area contributed by atoms with Crippen LogP contribution in [0.2, 0.25) is 0 Å². The SMILES string of the molecule is CCC(C)C(C(CC(=O)N1CCCC1C(OC)C(C)C(=O)NC(Cc1ccccc1)C(=O)O)OC)N(C)C(=O)C(NC(=O)C(C(C)C)N(C)C(=O)c1ccc(N2C(=O)C=CC2=O)c(N2C(=O)C=CC2=O)c1)C(C)C. The maximum Gasteiger partial charge on any atom is 0.326 e. The maximum absolute atomic E-state index is 14.8. The van der Waals surface area contributed by atoms with Gasteiger partial charge in [0.15, 0.2) is 0 Å². The van der Waals surface area contributed by atoms with E-state index in [2.05, 4.69) is 10.6 Å². The van der Waals surface area contributed by atoms with E-state index in [1.165, 1.54) is 49.3 Å². The summed E-state index contributed by atoms with van der Waals surface area (Å²) in [5.74, 6) is -8.79. The number of hydrogen-bond acceptors (Lipinski definition) is 12. The lowest BCUT2D eigenvalue weighted by Crippen LogP contribution is -2.60. The summed E-state index contributed by atoms with van der Waals surface area (Å²) in [4.78, 5) is 141. The summed E-state index contributed by atoms with van der Waals surface area (Å²) in [6.45, 7) is 12.9. The van der Waals surface area contributed by atoms with Gasteiger partial charge in [-0.3, -0.25) is 43.2 Å². The highest BCUT2D eigenvalue weighted by molar-refractivity contribution is 6.33. The lowest BCUT2D eigenvalue weighted by Gasteiger charge is -2.41. The highest BCUT2D eigenvalue weighted by Crippen LogP contribution is 2.36. The molecule has 20 nitrogen and oxygen atoms in total. The van der Waals surface area contributed by atoms with Crippen molar-refractivity contribution in [3.8, 4) is 0 Å². The van der Waals surface area contributed by atoms with Crippen LogP contribution in [-0.4, -0.2) is 156 Å². The number of rotatable bonds is 24. The number of imide groups is 2. The molecule has 9 unspecified atom stereocenters. The number of carbonyl (C=O) groups excluding carboxylic acids is 9. The van der Waals surface area contributed by atoms with Crippen LogP contribution < -0.4 is 20.4 Å². The molecule has 0 radical (unpaired) electrons. The molecule has 0 bridgehead atoms. The zero-order chi connectivity index (χ0) is 54.9. The van der Waals surface area contributed by atoms with Gasteiger partial charge < -0.3 is 39.9 Å². The molecule has 0 aliphatic carbocycles. The Morgan fingerprint density at radius 3 is 1.84 bits per heavy atom. The van der Waals surface area contributed by atoms with Crippen molar-refractivity contribution in [2.75, 3.05) is 44.7 Å². The second kappa shape index (κ2) is 25.3. The molecule has 5 rings (SSSR count). The molecule has 20 heteroatoms. The van der Waals surface area contributed by atoms with Gasteiger partial charge in [-0.2, -0.15) is 0 Å². The third-order valence-corrected chi connectivity index (χ3v) is 14.3. The molecule has 0 aromatic heterocycles. The predicted molar refractivity (Wildman–Crippen MR) is 273 cm³/mol. The Labute approximate surface area is 432 Å². The normalized spacial score (nSPS) is 18.8. The topological polar surface area (TPSA) is 250 Å². The van der Waals surface area contributed by atoms with Crippen molar-refractivity contribution in [3.63, 3.8) is 0 Å². The minimum absolute atomic E-state index is 0.0709. The van der Waals surface area contributed by atoms with Crippen LogP contribution in [0.4, 0.5) is 11.4 Å². The van der Waals surface area contributed by atoms with Crippen LogP contribution >= 0.6 is 0 Å². The van der Waals surface area contributed by atoms with E-state index in [0.717, 1.165) is 39.7 Å². The van der Waals surface area contributed by atoms with E-state index >= 15 is 0 Å². The average molecular weight is 1030 g/mol. The van der Waals surface area contributed by atoms with Crippen molar-refractivity contribution in [1.29, 1.82) is 0 Å². The Hall–Kier alpha value is -7.06. The zero-order valence-corrected chi connectivity index (χ0v) is 44.1. The Balaban J connectivity index is 1.32. The molecule has 3 heterocycles. The number of carboxylic acids is 1. The summed E-state index contributed by atoms with van der Waals surface area (Å²) in [5, 5.41) is 15.5. The predicted octanol–water partition coefficient (Wildman–Crippen LogP) is 3.52. The van der Waals surface area contributed by atoms with E-state index in [4.69, 9.17) is 9.47 Å². The fraction of sp³-hybridized carbons (Fsp3) is 0.519. The molecular weight excluding hydrogens is 955 g/mol. The minimum atomic E-state index is -1.19. The van der Waals surface area contributed by atoms with Crippen molar-refractivity contribution in [2.24, 2.45) is 23.7 Å². The lowest BCUT2D eigenvalue weighted by atomic mass is 9.89. The highest BCUT2D eigenvalue weighted by Gasteiger charge is 2.44. The van der Waals surface area contributed by atoms with E-state index in [0.29, 0.717) is 25.8 Å². The molecule has 3 aliphatic heterocycles. The Bertz CT molecular complexity index is 2490. The maximum atomic E-state index is 14.8. The molecule has 0 saturated carbocycles. The molecule has 9 atom stereocenters. The van der Waals surface area contributed by atoms with Gasteiger partial charge >= 0.3 is 5.97 Å². The summed E-state index contributed by atoms with van der Waals surface area (Å²) in [6.07, 6.45) is 4.20. The van der Waals surface area contributed by atoms with Crippen molar-refractivity contribution in [1.82, 2.24) is 25.3 Å². The fourth-order valence-electron chi connectivity index (χ4n) is 10.2. The van der Waals surface area contributed by atoms with Gasteiger partial charge in [-0.1, -0.05) is 85.2 Å². The Kier molecular flexibility index (Phi) is 19.7. The first-order chi connectivity index (χ1) is 35.0. The zero-order valence-electron chi connectivity index (χ0n) is 44.1. The number of nitrogens with one attached hydrogen (secondary N) is 2. The number of carbonyl (C=O) groups is 10. The van der Waals surface area contributed by atoms with Crippen molar-refractivity contribution in [2.45, 2.75) is 123 Å². The van der Waals surface area contributed by atoms with E-state index in [-0.39, 0.29) is 41.6 Å². The monoisotopic (exact) mass is 1030 g/mol. The minimum Gasteiger partial charge on any atom is -0.480 e. The van der Waals surface area contributed by atoms with Crippen LogP contribution in [-0.2, 0) is 59.0 Å². The van der Waals surface area contributed by atoms with Gasteiger partial charge in [-0.15, -0.1) is 0 Å². The first-order valence-corrected chi connectivity index (χ1v) is 25.0. The standard InChI is InChI=1S/C54H71N7O13/c1-12-32(6)48(40(73-10)29-45(66)59-26-16-19-38(59)49(74-11)33(7)50(67)55-36(54(71)72)27-34-17-14-13-15-18-34)58(9)53(70)46(30(2)3)56-51(68)47(31(4)5)57(8)52(69)35-20-21-37(60-41(62)22-23-42(60)63)39(28-35)61-43(64)24-25-44(61)65/h13-15,17-18,20-25,28,30-33,36,38,40,46-49H,12,16,19,26-27,29H2,1-11H3,(H,55,67)(H,56,68)(H,71,72). The molecule has 0 spiro atoms. The summed E-state index contributed by atoms with van der Waals surface area (Å²) in [7, 11) is 5.92. The van der Waals surface area contributed by atoms with Crippen molar-refractivity contribution >= 4 is 70.5 Å². The smallest absolute Gasteiger partial charge is 0.326 e. The number of likely N-dealkylation sites (tertiary alicyclic amines) is 1. The first-order valence-electron chi connectivity index (χ1n) is 25.0. The number of carboxylic acid groups (broad SMARTS) is 1. The van der Waals surface area contributed by atoms with Crippen LogP contribution in [0, 0.1) is 23.7 Å². The van der Waals surface area contributed by atoms with Crippen LogP contribution in [0.25, 0.3) is 0 Å². The number of anilines is 2. The number of methoxy groups -OCH3 is 2. The number of nitrogens with zero attached hydrogens (tertiary/aromatic N) is 5. The number of hydrogen-bond donors (Lipinski definition) is 3. The average Bonchev–Trinajstić information content (AvgIpc) is 4.08. The van der Waals surface area contributed by atoms with Gasteiger partial charge in [0.1, 0.15) is 18.1 Å². The first kappa shape index (κ1) is 57.8. The van der Waals surface area contributed by atoms with Crippen LogP contribution in [0.1, 0.15) is 90.1 Å². The molecule has 1 saturated heterocycles. The van der Waals surface area contributed by atoms with Crippen LogP contribution in [0.3, 0.4) is 0 Å². The van der Waals surface area contributed by atoms with Crippen molar-refractivity contribution < 1.29 is 62.5 Å². The van der Waals surface area contributed by atoms with Gasteiger partial charge in [-0.25, -0.2) is 14.6 Å². The van der Waals surface area contributed by atoms with Crippen LogP contribution in [0.5, 0.6) is 0 Å². The molecule has 3 aliphatic rings. The van der Waals surface area contributed by atoms with E-state index in [1.54, 1.807) is 70.8 Å².